The number of fused-ring (bicyclic) bond motifs is 2. The van der Waals surface area contributed by atoms with Crippen molar-refractivity contribution in [3.05, 3.63) is 59.3 Å². The standard InChI is InChI=1S/C20H24N4/c1-20(2,3)19-22-11-15-13-24(9-8-17(15)23-19)12-14-10-21-18-7-5-4-6-16(14)18/h4-7,10-11,21H,8-9,12-13H2,1-3H3. The number of rotatable bonds is 2. The monoisotopic (exact) mass is 320 g/mol. The van der Waals surface area contributed by atoms with E-state index in [1.807, 2.05) is 6.20 Å². The summed E-state index contributed by atoms with van der Waals surface area (Å²) in [4.78, 5) is 15.3. The molecule has 0 spiro atoms. The molecule has 2 aromatic heterocycles. The van der Waals surface area contributed by atoms with Crippen LogP contribution in [0.4, 0.5) is 0 Å². The molecule has 0 saturated heterocycles. The van der Waals surface area contributed by atoms with Crippen LogP contribution in [-0.2, 0) is 24.9 Å². The SMILES string of the molecule is CC(C)(C)c1ncc2c(n1)CCN(Cc1c[nH]c3ccccc13)C2. The molecule has 0 saturated carbocycles. The summed E-state index contributed by atoms with van der Waals surface area (Å²) in [6.07, 6.45) is 5.17. The van der Waals surface area contributed by atoms with E-state index >= 15 is 0 Å². The number of hydrogen-bond acceptors (Lipinski definition) is 3. The average Bonchev–Trinajstić information content (AvgIpc) is 2.97. The lowest BCUT2D eigenvalue weighted by Gasteiger charge is -2.29. The quantitative estimate of drug-likeness (QED) is 0.781. The predicted molar refractivity (Wildman–Crippen MR) is 96.8 cm³/mol. The molecule has 0 amide bonds. The van der Waals surface area contributed by atoms with Gasteiger partial charge in [-0.15, -0.1) is 0 Å². The Bertz CT molecular complexity index is 873. The molecule has 3 heterocycles. The second-order valence-electron chi connectivity index (χ2n) is 7.74. The molecular weight excluding hydrogens is 296 g/mol. The highest BCUT2D eigenvalue weighted by Gasteiger charge is 2.23. The lowest BCUT2D eigenvalue weighted by Crippen LogP contribution is -2.31. The Balaban J connectivity index is 1.54. The average molecular weight is 320 g/mol. The van der Waals surface area contributed by atoms with Crippen LogP contribution in [0.5, 0.6) is 0 Å². The predicted octanol–water partition coefficient (Wildman–Crippen LogP) is 3.81. The number of aromatic amines is 1. The molecule has 0 atom stereocenters. The van der Waals surface area contributed by atoms with Crippen LogP contribution in [0.25, 0.3) is 10.9 Å². The minimum absolute atomic E-state index is 0.0101. The lowest BCUT2D eigenvalue weighted by atomic mass is 9.95. The fraction of sp³-hybridized carbons (Fsp3) is 0.400. The van der Waals surface area contributed by atoms with E-state index < -0.39 is 0 Å². The van der Waals surface area contributed by atoms with E-state index in [0.717, 1.165) is 31.9 Å². The highest BCUT2D eigenvalue weighted by molar-refractivity contribution is 5.82. The molecule has 0 fully saturated rings. The van der Waals surface area contributed by atoms with Crippen LogP contribution in [0.15, 0.2) is 36.7 Å². The van der Waals surface area contributed by atoms with Gasteiger partial charge in [0.25, 0.3) is 0 Å². The Morgan fingerprint density at radius 1 is 1.21 bits per heavy atom. The van der Waals surface area contributed by atoms with E-state index in [1.165, 1.54) is 27.7 Å². The fourth-order valence-electron chi connectivity index (χ4n) is 3.37. The Labute approximate surface area is 142 Å². The van der Waals surface area contributed by atoms with Gasteiger partial charge in [-0.3, -0.25) is 4.90 Å². The van der Waals surface area contributed by atoms with E-state index in [9.17, 15) is 0 Å². The molecule has 0 unspecified atom stereocenters. The van der Waals surface area contributed by atoms with Crippen LogP contribution in [0.3, 0.4) is 0 Å². The third-order valence-electron chi connectivity index (χ3n) is 4.75. The molecule has 1 aromatic carbocycles. The molecule has 0 aliphatic carbocycles. The van der Waals surface area contributed by atoms with E-state index in [2.05, 4.69) is 66.1 Å². The maximum Gasteiger partial charge on any atom is 0.133 e. The number of nitrogens with zero attached hydrogens (tertiary/aromatic N) is 3. The second-order valence-corrected chi connectivity index (χ2v) is 7.74. The minimum atomic E-state index is 0.0101. The Hall–Kier alpha value is -2.20. The maximum atomic E-state index is 4.82. The maximum absolute atomic E-state index is 4.82. The number of H-pyrrole nitrogens is 1. The third kappa shape index (κ3) is 2.82. The zero-order valence-electron chi connectivity index (χ0n) is 14.6. The summed E-state index contributed by atoms with van der Waals surface area (Å²) < 4.78 is 0. The first-order valence-electron chi connectivity index (χ1n) is 8.63. The van der Waals surface area contributed by atoms with Gasteiger partial charge < -0.3 is 4.98 Å². The summed E-state index contributed by atoms with van der Waals surface area (Å²) >= 11 is 0. The van der Waals surface area contributed by atoms with Crippen molar-refractivity contribution < 1.29 is 0 Å². The second kappa shape index (κ2) is 5.71. The van der Waals surface area contributed by atoms with Gasteiger partial charge in [0.15, 0.2) is 0 Å². The summed E-state index contributed by atoms with van der Waals surface area (Å²) in [5.41, 5.74) is 5.08. The summed E-state index contributed by atoms with van der Waals surface area (Å²) in [7, 11) is 0. The molecule has 124 valence electrons. The van der Waals surface area contributed by atoms with Gasteiger partial charge in [-0.1, -0.05) is 39.0 Å². The van der Waals surface area contributed by atoms with Crippen LogP contribution in [0.1, 0.15) is 43.4 Å². The van der Waals surface area contributed by atoms with Crippen molar-refractivity contribution >= 4 is 10.9 Å². The normalized spacial score (nSPS) is 15.6. The molecule has 1 aliphatic rings. The molecule has 24 heavy (non-hydrogen) atoms. The van der Waals surface area contributed by atoms with Crippen molar-refractivity contribution in [3.63, 3.8) is 0 Å². The van der Waals surface area contributed by atoms with Crippen molar-refractivity contribution in [1.29, 1.82) is 0 Å². The molecule has 4 heteroatoms. The first-order chi connectivity index (χ1) is 11.5. The van der Waals surface area contributed by atoms with Crippen LogP contribution in [0, 0.1) is 0 Å². The van der Waals surface area contributed by atoms with Crippen molar-refractivity contribution in [2.75, 3.05) is 6.54 Å². The van der Waals surface area contributed by atoms with E-state index in [1.54, 1.807) is 0 Å². The van der Waals surface area contributed by atoms with Gasteiger partial charge in [0.05, 0.1) is 0 Å². The molecular formula is C20H24N4. The summed E-state index contributed by atoms with van der Waals surface area (Å²) in [5, 5.41) is 1.32. The fourth-order valence-corrected chi connectivity index (χ4v) is 3.37. The topological polar surface area (TPSA) is 44.8 Å². The number of benzene rings is 1. The van der Waals surface area contributed by atoms with Gasteiger partial charge in [0.2, 0.25) is 0 Å². The molecule has 1 N–H and O–H groups in total. The van der Waals surface area contributed by atoms with E-state index in [4.69, 9.17) is 4.98 Å². The zero-order chi connectivity index (χ0) is 16.7. The van der Waals surface area contributed by atoms with Crippen molar-refractivity contribution in [1.82, 2.24) is 19.9 Å². The van der Waals surface area contributed by atoms with Gasteiger partial charge >= 0.3 is 0 Å². The van der Waals surface area contributed by atoms with Gasteiger partial charge in [-0.05, 0) is 11.6 Å². The number of aromatic nitrogens is 3. The van der Waals surface area contributed by atoms with Gasteiger partial charge in [-0.25, -0.2) is 9.97 Å². The molecule has 0 bridgehead atoms. The third-order valence-corrected chi connectivity index (χ3v) is 4.75. The molecule has 1 aliphatic heterocycles. The van der Waals surface area contributed by atoms with E-state index in [0.29, 0.717) is 0 Å². The highest BCUT2D eigenvalue weighted by atomic mass is 15.1. The molecule has 4 nitrogen and oxygen atoms in total. The van der Waals surface area contributed by atoms with Crippen molar-refractivity contribution in [2.45, 2.75) is 45.7 Å². The highest BCUT2D eigenvalue weighted by Crippen LogP contribution is 2.25. The molecule has 4 rings (SSSR count). The first-order valence-corrected chi connectivity index (χ1v) is 8.63. The van der Waals surface area contributed by atoms with Gasteiger partial charge in [-0.2, -0.15) is 0 Å². The van der Waals surface area contributed by atoms with Crippen LogP contribution in [-0.4, -0.2) is 26.4 Å². The first kappa shape index (κ1) is 15.3. The Morgan fingerprint density at radius 2 is 2.04 bits per heavy atom. The van der Waals surface area contributed by atoms with Gasteiger partial charge in [0.1, 0.15) is 5.82 Å². The van der Waals surface area contributed by atoms with Crippen LogP contribution >= 0.6 is 0 Å². The zero-order valence-corrected chi connectivity index (χ0v) is 14.6. The van der Waals surface area contributed by atoms with Crippen molar-refractivity contribution in [2.24, 2.45) is 0 Å². The lowest BCUT2D eigenvalue weighted by molar-refractivity contribution is 0.243. The summed E-state index contributed by atoms with van der Waals surface area (Å²) in [6, 6.07) is 8.50. The summed E-state index contributed by atoms with van der Waals surface area (Å²) in [6.45, 7) is 9.44. The summed E-state index contributed by atoms with van der Waals surface area (Å²) in [5.74, 6) is 0.950. The van der Waals surface area contributed by atoms with Crippen molar-refractivity contribution in [3.8, 4) is 0 Å². The minimum Gasteiger partial charge on any atom is -0.361 e. The van der Waals surface area contributed by atoms with E-state index in [-0.39, 0.29) is 5.41 Å². The number of nitrogens with one attached hydrogen (secondary N) is 1. The Kier molecular flexibility index (Phi) is 3.65. The largest absolute Gasteiger partial charge is 0.361 e. The number of hydrogen-bond donors (Lipinski definition) is 1. The van der Waals surface area contributed by atoms with Crippen LogP contribution in [0.2, 0.25) is 0 Å². The van der Waals surface area contributed by atoms with Gasteiger partial charge in [0, 0.05) is 66.0 Å². The smallest absolute Gasteiger partial charge is 0.133 e. The molecule has 0 radical (unpaired) electrons. The number of para-hydroxylation sites is 1. The molecule has 3 aromatic rings. The Morgan fingerprint density at radius 3 is 2.88 bits per heavy atom. The van der Waals surface area contributed by atoms with Crippen LogP contribution < -0.4 is 0 Å².